The van der Waals surface area contributed by atoms with E-state index in [2.05, 4.69) is 5.32 Å². The van der Waals surface area contributed by atoms with Gasteiger partial charge in [-0.1, -0.05) is 54.6 Å². The van der Waals surface area contributed by atoms with Gasteiger partial charge in [-0.25, -0.2) is 12.8 Å². The Balaban J connectivity index is 2.08. The molecule has 212 valence electrons. The monoisotopic (exact) mass is 570 g/mol. The van der Waals surface area contributed by atoms with Crippen molar-refractivity contribution in [2.45, 2.75) is 38.9 Å². The number of carbonyl (C=O) groups is 2. The summed E-state index contributed by atoms with van der Waals surface area (Å²) in [7, 11) is -4.11. The van der Waals surface area contributed by atoms with Gasteiger partial charge < -0.3 is 10.2 Å². The Hall–Kier alpha value is -4.32. The van der Waals surface area contributed by atoms with Gasteiger partial charge in [-0.15, -0.1) is 0 Å². The van der Waals surface area contributed by atoms with Crippen LogP contribution in [0.3, 0.4) is 0 Å². The number of benzene rings is 3. The molecular formula is C28H31FN4O6S. The number of rotatable bonds is 12. The molecule has 0 unspecified atom stereocenters. The molecule has 10 nitrogen and oxygen atoms in total. The molecule has 40 heavy (non-hydrogen) atoms. The highest BCUT2D eigenvalue weighted by molar-refractivity contribution is 7.92. The second-order valence-electron chi connectivity index (χ2n) is 9.53. The normalized spacial score (nSPS) is 12.0. The fraction of sp³-hybridized carbons (Fsp3) is 0.286. The summed E-state index contributed by atoms with van der Waals surface area (Å²) in [5, 5.41) is 14.1. The van der Waals surface area contributed by atoms with E-state index < -0.39 is 45.2 Å². The molecular weight excluding hydrogens is 539 g/mol. The maximum Gasteiger partial charge on any atom is 0.271 e. The number of anilines is 1. The highest BCUT2D eigenvalue weighted by Crippen LogP contribution is 2.24. The SMILES string of the molecule is CC(C)NC(=O)[C@H](Cc1ccccc1)N(Cc1ccccc1F)C(=O)CN(c1cccc([N+](=O)[O-])c1)S(C)(=O)=O. The molecule has 3 rings (SSSR count). The van der Waals surface area contributed by atoms with Crippen LogP contribution in [0.25, 0.3) is 0 Å². The van der Waals surface area contributed by atoms with E-state index in [0.29, 0.717) is 0 Å². The van der Waals surface area contributed by atoms with Crippen molar-refractivity contribution in [3.05, 3.63) is 106 Å². The molecule has 0 saturated carbocycles. The van der Waals surface area contributed by atoms with Crippen LogP contribution in [0.2, 0.25) is 0 Å². The van der Waals surface area contributed by atoms with Crippen molar-refractivity contribution in [3.8, 4) is 0 Å². The standard InChI is InChI=1S/C28H31FN4O6S/c1-20(2)30-28(35)26(16-21-10-5-4-6-11-21)31(18-22-12-7-8-15-25(22)29)27(34)19-32(40(3,38)39)23-13-9-14-24(17-23)33(36)37/h4-15,17,20,26H,16,18-19H2,1-3H3,(H,30,35)/t26-/m0/s1. The highest BCUT2D eigenvalue weighted by atomic mass is 32.2. The summed E-state index contributed by atoms with van der Waals surface area (Å²) < 4.78 is 41.0. The first-order valence-electron chi connectivity index (χ1n) is 12.5. The van der Waals surface area contributed by atoms with Crippen LogP contribution in [-0.4, -0.2) is 54.9 Å². The van der Waals surface area contributed by atoms with E-state index in [0.717, 1.165) is 27.1 Å². The minimum Gasteiger partial charge on any atom is -0.352 e. The first-order chi connectivity index (χ1) is 18.9. The molecule has 0 saturated heterocycles. The summed E-state index contributed by atoms with van der Waals surface area (Å²) in [5.74, 6) is -1.88. The Morgan fingerprint density at radius 3 is 2.25 bits per heavy atom. The van der Waals surface area contributed by atoms with Gasteiger partial charge in [0.2, 0.25) is 21.8 Å². The molecule has 3 aromatic carbocycles. The predicted octanol–water partition coefficient (Wildman–Crippen LogP) is 3.66. The minimum absolute atomic E-state index is 0.0786. The Bertz CT molecular complexity index is 1470. The number of nitro groups is 1. The third-order valence-corrected chi connectivity index (χ3v) is 7.15. The number of nitrogens with one attached hydrogen (secondary N) is 1. The summed E-state index contributed by atoms with van der Waals surface area (Å²) in [6.07, 6.45) is 0.947. The van der Waals surface area contributed by atoms with Gasteiger partial charge in [-0.05, 0) is 31.5 Å². The van der Waals surface area contributed by atoms with Crippen molar-refractivity contribution in [2.75, 3.05) is 17.1 Å². The maximum absolute atomic E-state index is 14.7. The first kappa shape index (κ1) is 30.2. The number of amides is 2. The molecule has 3 aromatic rings. The van der Waals surface area contributed by atoms with Gasteiger partial charge in [0.05, 0.1) is 16.9 Å². The third kappa shape index (κ3) is 8.09. The van der Waals surface area contributed by atoms with Crippen molar-refractivity contribution in [1.29, 1.82) is 0 Å². The quantitative estimate of drug-likeness (QED) is 0.261. The maximum atomic E-state index is 14.7. The van der Waals surface area contributed by atoms with Crippen molar-refractivity contribution in [1.82, 2.24) is 10.2 Å². The van der Waals surface area contributed by atoms with Gasteiger partial charge in [0.1, 0.15) is 18.4 Å². The van der Waals surface area contributed by atoms with Gasteiger partial charge in [-0.2, -0.15) is 0 Å². The lowest BCUT2D eigenvalue weighted by Gasteiger charge is -2.34. The zero-order chi connectivity index (χ0) is 29.4. The topological polar surface area (TPSA) is 130 Å². The van der Waals surface area contributed by atoms with Gasteiger partial charge in [-0.3, -0.25) is 24.0 Å². The lowest BCUT2D eigenvalue weighted by Crippen LogP contribution is -2.54. The van der Waals surface area contributed by atoms with Crippen LogP contribution in [0.1, 0.15) is 25.0 Å². The largest absolute Gasteiger partial charge is 0.352 e. The second kappa shape index (κ2) is 13.2. The number of carbonyl (C=O) groups excluding carboxylic acids is 2. The van der Waals surface area contributed by atoms with Crippen molar-refractivity contribution in [2.24, 2.45) is 0 Å². The van der Waals surface area contributed by atoms with Crippen LogP contribution in [0.15, 0.2) is 78.9 Å². The van der Waals surface area contributed by atoms with Crippen molar-refractivity contribution < 1.29 is 27.3 Å². The van der Waals surface area contributed by atoms with E-state index in [-0.39, 0.29) is 35.9 Å². The molecule has 0 fully saturated rings. The first-order valence-corrected chi connectivity index (χ1v) is 14.3. The van der Waals surface area contributed by atoms with Gasteiger partial charge in [0.15, 0.2) is 0 Å². The predicted molar refractivity (Wildman–Crippen MR) is 149 cm³/mol. The van der Waals surface area contributed by atoms with E-state index in [4.69, 9.17) is 0 Å². The van der Waals surface area contributed by atoms with E-state index in [1.807, 2.05) is 0 Å². The zero-order valence-corrected chi connectivity index (χ0v) is 23.2. The molecule has 1 atom stereocenters. The lowest BCUT2D eigenvalue weighted by atomic mass is 10.0. The van der Waals surface area contributed by atoms with Crippen molar-refractivity contribution in [3.63, 3.8) is 0 Å². The van der Waals surface area contributed by atoms with Crippen LogP contribution in [0.5, 0.6) is 0 Å². The summed E-state index contributed by atoms with van der Waals surface area (Å²) >= 11 is 0. The van der Waals surface area contributed by atoms with E-state index in [9.17, 15) is 32.5 Å². The summed E-state index contributed by atoms with van der Waals surface area (Å²) in [6, 6.07) is 18.2. The third-order valence-electron chi connectivity index (χ3n) is 6.01. The van der Waals surface area contributed by atoms with Crippen LogP contribution in [0, 0.1) is 15.9 Å². The average molecular weight is 571 g/mol. The fourth-order valence-corrected chi connectivity index (χ4v) is 4.96. The Morgan fingerprint density at radius 2 is 1.65 bits per heavy atom. The van der Waals surface area contributed by atoms with E-state index >= 15 is 0 Å². The van der Waals surface area contributed by atoms with Crippen LogP contribution in [-0.2, 0) is 32.6 Å². The molecule has 0 aliphatic carbocycles. The number of nitrogens with zero attached hydrogens (tertiary/aromatic N) is 3. The summed E-state index contributed by atoms with van der Waals surface area (Å²) in [4.78, 5) is 39.1. The smallest absolute Gasteiger partial charge is 0.271 e. The van der Waals surface area contributed by atoms with Gasteiger partial charge in [0, 0.05) is 36.7 Å². The number of non-ortho nitro benzene ring substituents is 1. The molecule has 0 bridgehead atoms. The molecule has 0 radical (unpaired) electrons. The number of hydrogen-bond acceptors (Lipinski definition) is 6. The molecule has 2 amide bonds. The molecule has 0 aliphatic heterocycles. The van der Waals surface area contributed by atoms with Crippen LogP contribution < -0.4 is 9.62 Å². The van der Waals surface area contributed by atoms with E-state index in [1.54, 1.807) is 50.2 Å². The number of nitro benzene ring substituents is 1. The highest BCUT2D eigenvalue weighted by Gasteiger charge is 2.34. The number of sulfonamides is 1. The second-order valence-corrected chi connectivity index (χ2v) is 11.4. The lowest BCUT2D eigenvalue weighted by molar-refractivity contribution is -0.384. The molecule has 0 spiro atoms. The number of hydrogen-bond donors (Lipinski definition) is 1. The number of halogens is 1. The Kier molecular flexibility index (Phi) is 9.94. The molecule has 0 aromatic heterocycles. The van der Waals surface area contributed by atoms with E-state index in [1.165, 1.54) is 36.4 Å². The Labute approximate surface area is 232 Å². The fourth-order valence-electron chi connectivity index (χ4n) is 4.12. The average Bonchev–Trinajstić information content (AvgIpc) is 2.89. The van der Waals surface area contributed by atoms with Crippen LogP contribution in [0.4, 0.5) is 15.8 Å². The summed E-state index contributed by atoms with van der Waals surface area (Å²) in [6.45, 7) is 2.43. The Morgan fingerprint density at radius 1 is 1.00 bits per heavy atom. The molecule has 0 aliphatic rings. The minimum atomic E-state index is -4.11. The van der Waals surface area contributed by atoms with Gasteiger partial charge in [0.25, 0.3) is 5.69 Å². The zero-order valence-electron chi connectivity index (χ0n) is 22.4. The van der Waals surface area contributed by atoms with Gasteiger partial charge >= 0.3 is 0 Å². The molecule has 12 heteroatoms. The van der Waals surface area contributed by atoms with Crippen molar-refractivity contribution >= 4 is 33.2 Å². The molecule has 1 N–H and O–H groups in total. The molecule has 0 heterocycles. The van der Waals surface area contributed by atoms with Crippen LogP contribution >= 0.6 is 0 Å². The summed E-state index contributed by atoms with van der Waals surface area (Å²) in [5.41, 5.74) is 0.408.